The number of rotatable bonds is 3. The maximum absolute atomic E-state index is 13.3. The summed E-state index contributed by atoms with van der Waals surface area (Å²) in [4.78, 5) is 18.2. The molecule has 0 radical (unpaired) electrons. The summed E-state index contributed by atoms with van der Waals surface area (Å²) >= 11 is 0. The molecule has 28 heavy (non-hydrogen) atoms. The van der Waals surface area contributed by atoms with E-state index in [9.17, 15) is 18.0 Å². The Kier molecular flexibility index (Phi) is 4.66. The molecule has 0 unspecified atom stereocenters. The predicted molar refractivity (Wildman–Crippen MR) is 101 cm³/mol. The lowest BCUT2D eigenvalue weighted by atomic mass is 10.1. The van der Waals surface area contributed by atoms with Gasteiger partial charge in [0.25, 0.3) is 0 Å². The molecule has 2 aromatic carbocycles. The summed E-state index contributed by atoms with van der Waals surface area (Å²) in [7, 11) is 0. The van der Waals surface area contributed by atoms with E-state index in [0.717, 1.165) is 30.7 Å². The number of para-hydroxylation sites is 1. The average Bonchev–Trinajstić information content (AvgIpc) is 3.35. The number of carbonyl (C=O) groups is 1. The fourth-order valence-corrected chi connectivity index (χ4v) is 3.46. The minimum Gasteiger partial charge on any atom is -0.339 e. The van der Waals surface area contributed by atoms with Crippen LogP contribution in [-0.4, -0.2) is 33.4 Å². The topological polar surface area (TPSA) is 38.1 Å². The first-order valence-corrected chi connectivity index (χ1v) is 9.04. The van der Waals surface area contributed by atoms with E-state index < -0.39 is 11.7 Å². The summed E-state index contributed by atoms with van der Waals surface area (Å²) in [5, 5.41) is 0. The van der Waals surface area contributed by atoms with Gasteiger partial charge in [-0.25, -0.2) is 4.98 Å². The summed E-state index contributed by atoms with van der Waals surface area (Å²) in [6.45, 7) is 1.37. The van der Waals surface area contributed by atoms with E-state index in [1.807, 2.05) is 30.3 Å². The van der Waals surface area contributed by atoms with Crippen LogP contribution >= 0.6 is 0 Å². The standard InChI is InChI=1S/C21H18F3N3O/c22-21(23,24)16-12-15(8-9-19(28)26-10-4-5-11-26)20-18(13-16)25-14-27(20)17-6-2-1-3-7-17/h1-3,6-9,12-14H,4-5,10-11H2. The predicted octanol–water partition coefficient (Wildman–Crippen LogP) is 4.68. The Morgan fingerprint density at radius 1 is 1.07 bits per heavy atom. The molecule has 0 saturated carbocycles. The normalized spacial score (nSPS) is 15.0. The Labute approximate surface area is 159 Å². The molecule has 1 saturated heterocycles. The van der Waals surface area contributed by atoms with Crippen molar-refractivity contribution in [1.29, 1.82) is 0 Å². The van der Waals surface area contributed by atoms with E-state index in [4.69, 9.17) is 0 Å². The fourth-order valence-electron chi connectivity index (χ4n) is 3.46. The van der Waals surface area contributed by atoms with Gasteiger partial charge in [0, 0.05) is 30.4 Å². The molecule has 1 aliphatic rings. The summed E-state index contributed by atoms with van der Waals surface area (Å²) in [6, 6.07) is 11.4. The molecule has 4 rings (SSSR count). The molecule has 7 heteroatoms. The Balaban J connectivity index is 1.83. The Bertz CT molecular complexity index is 1030. The largest absolute Gasteiger partial charge is 0.416 e. The molecule has 0 aliphatic carbocycles. The summed E-state index contributed by atoms with van der Waals surface area (Å²) in [5.74, 6) is -0.186. The first kappa shape index (κ1) is 18.3. The second-order valence-electron chi connectivity index (χ2n) is 6.75. The number of benzene rings is 2. The Morgan fingerprint density at radius 2 is 1.79 bits per heavy atom. The van der Waals surface area contributed by atoms with Gasteiger partial charge in [-0.2, -0.15) is 13.2 Å². The molecule has 0 N–H and O–H groups in total. The number of alkyl halides is 3. The number of fused-ring (bicyclic) bond motifs is 1. The number of likely N-dealkylation sites (tertiary alicyclic amines) is 1. The second-order valence-corrected chi connectivity index (χ2v) is 6.75. The minimum atomic E-state index is -4.49. The van der Waals surface area contributed by atoms with Crippen LogP contribution in [0.2, 0.25) is 0 Å². The highest BCUT2D eigenvalue weighted by Gasteiger charge is 2.32. The van der Waals surface area contributed by atoms with Gasteiger partial charge >= 0.3 is 6.18 Å². The third kappa shape index (κ3) is 3.52. The van der Waals surface area contributed by atoms with Gasteiger partial charge in [0.15, 0.2) is 0 Å². The number of nitrogens with zero attached hydrogens (tertiary/aromatic N) is 3. The molecule has 1 aliphatic heterocycles. The molecular weight excluding hydrogens is 367 g/mol. The van der Waals surface area contributed by atoms with Crippen LogP contribution in [0.4, 0.5) is 13.2 Å². The summed E-state index contributed by atoms with van der Waals surface area (Å²) in [5.41, 5.74) is 1.06. The van der Waals surface area contributed by atoms with Crippen molar-refractivity contribution in [3.05, 3.63) is 66.0 Å². The van der Waals surface area contributed by atoms with E-state index in [-0.39, 0.29) is 11.4 Å². The van der Waals surface area contributed by atoms with Crippen LogP contribution in [-0.2, 0) is 11.0 Å². The number of amides is 1. The monoisotopic (exact) mass is 385 g/mol. The molecule has 1 aromatic heterocycles. The van der Waals surface area contributed by atoms with E-state index in [0.29, 0.717) is 24.2 Å². The van der Waals surface area contributed by atoms with Crippen molar-refractivity contribution in [3.63, 3.8) is 0 Å². The Morgan fingerprint density at radius 3 is 2.46 bits per heavy atom. The van der Waals surface area contributed by atoms with Gasteiger partial charge in [-0.15, -0.1) is 0 Å². The lowest BCUT2D eigenvalue weighted by molar-refractivity contribution is -0.137. The average molecular weight is 385 g/mol. The SMILES string of the molecule is O=C(C=Cc1cc(C(F)(F)F)cc2ncn(-c3ccccc3)c12)N1CCCC1. The fraction of sp³-hybridized carbons (Fsp3) is 0.238. The lowest BCUT2D eigenvalue weighted by Crippen LogP contribution is -2.25. The number of aromatic nitrogens is 2. The highest BCUT2D eigenvalue weighted by atomic mass is 19.4. The van der Waals surface area contributed by atoms with Crippen molar-refractivity contribution in [2.75, 3.05) is 13.1 Å². The van der Waals surface area contributed by atoms with E-state index in [2.05, 4.69) is 4.98 Å². The zero-order chi connectivity index (χ0) is 19.7. The smallest absolute Gasteiger partial charge is 0.339 e. The zero-order valence-electron chi connectivity index (χ0n) is 15.0. The first-order chi connectivity index (χ1) is 13.4. The molecule has 0 spiro atoms. The van der Waals surface area contributed by atoms with Gasteiger partial charge in [-0.1, -0.05) is 18.2 Å². The van der Waals surface area contributed by atoms with Crippen molar-refractivity contribution in [1.82, 2.24) is 14.5 Å². The maximum Gasteiger partial charge on any atom is 0.416 e. The van der Waals surface area contributed by atoms with Crippen LogP contribution in [0.1, 0.15) is 24.0 Å². The number of hydrogen-bond acceptors (Lipinski definition) is 2. The highest BCUT2D eigenvalue weighted by molar-refractivity contribution is 5.95. The van der Waals surface area contributed by atoms with Crippen molar-refractivity contribution >= 4 is 23.0 Å². The minimum absolute atomic E-state index is 0.186. The van der Waals surface area contributed by atoms with Crippen LogP contribution in [0.5, 0.6) is 0 Å². The van der Waals surface area contributed by atoms with Gasteiger partial charge in [0.1, 0.15) is 6.33 Å². The van der Waals surface area contributed by atoms with Gasteiger partial charge in [0.05, 0.1) is 16.6 Å². The molecule has 3 aromatic rings. The van der Waals surface area contributed by atoms with Crippen LogP contribution < -0.4 is 0 Å². The number of halogens is 3. The lowest BCUT2D eigenvalue weighted by Gasteiger charge is -2.13. The van der Waals surface area contributed by atoms with Gasteiger partial charge < -0.3 is 4.90 Å². The molecule has 1 fully saturated rings. The van der Waals surface area contributed by atoms with E-state index in [1.165, 1.54) is 18.5 Å². The molecule has 0 atom stereocenters. The highest BCUT2D eigenvalue weighted by Crippen LogP contribution is 2.34. The summed E-state index contributed by atoms with van der Waals surface area (Å²) < 4.78 is 41.7. The molecule has 4 nitrogen and oxygen atoms in total. The molecule has 2 heterocycles. The molecule has 144 valence electrons. The van der Waals surface area contributed by atoms with Gasteiger partial charge in [-0.05, 0) is 43.2 Å². The molecule has 0 bridgehead atoms. The van der Waals surface area contributed by atoms with Crippen LogP contribution in [0.3, 0.4) is 0 Å². The third-order valence-electron chi connectivity index (χ3n) is 4.86. The van der Waals surface area contributed by atoms with Crippen LogP contribution in [0, 0.1) is 0 Å². The first-order valence-electron chi connectivity index (χ1n) is 9.04. The zero-order valence-corrected chi connectivity index (χ0v) is 15.0. The third-order valence-corrected chi connectivity index (χ3v) is 4.86. The van der Waals surface area contributed by atoms with Crippen molar-refractivity contribution < 1.29 is 18.0 Å². The van der Waals surface area contributed by atoms with Crippen LogP contribution in [0.25, 0.3) is 22.8 Å². The van der Waals surface area contributed by atoms with Gasteiger partial charge in [0.2, 0.25) is 5.91 Å². The van der Waals surface area contributed by atoms with Gasteiger partial charge in [-0.3, -0.25) is 9.36 Å². The second kappa shape index (κ2) is 7.14. The van der Waals surface area contributed by atoms with Crippen molar-refractivity contribution in [3.8, 4) is 5.69 Å². The quantitative estimate of drug-likeness (QED) is 0.614. The number of imidazole rings is 1. The number of hydrogen-bond donors (Lipinski definition) is 0. The maximum atomic E-state index is 13.3. The van der Waals surface area contributed by atoms with Crippen LogP contribution in [0.15, 0.2) is 54.9 Å². The van der Waals surface area contributed by atoms with Crippen molar-refractivity contribution in [2.24, 2.45) is 0 Å². The van der Waals surface area contributed by atoms with E-state index >= 15 is 0 Å². The molecular formula is C21H18F3N3O. The summed E-state index contributed by atoms with van der Waals surface area (Å²) in [6.07, 6.45) is 1.72. The number of carbonyl (C=O) groups excluding carboxylic acids is 1. The van der Waals surface area contributed by atoms with Crippen molar-refractivity contribution in [2.45, 2.75) is 19.0 Å². The molecule has 1 amide bonds. The Hall–Kier alpha value is -3.09. The van der Waals surface area contributed by atoms with E-state index in [1.54, 1.807) is 9.47 Å².